The second-order valence-corrected chi connectivity index (χ2v) is 5.29. The SMILES string of the molecule is N#CC1(NC(=O)C(N)=Cc2nc3c(Cl)cccc3o2)CC1. The number of halogens is 1. The quantitative estimate of drug-likeness (QED) is 0.843. The Hall–Kier alpha value is -2.52. The topological polar surface area (TPSA) is 105 Å². The molecule has 1 aromatic carbocycles. The number of fused-ring (bicyclic) bond motifs is 1. The highest BCUT2D eigenvalue weighted by molar-refractivity contribution is 6.34. The van der Waals surface area contributed by atoms with E-state index < -0.39 is 11.4 Å². The molecule has 1 heterocycles. The van der Waals surface area contributed by atoms with E-state index in [1.54, 1.807) is 18.2 Å². The first-order valence-electron chi connectivity index (χ1n) is 6.29. The second kappa shape index (κ2) is 4.79. The van der Waals surface area contributed by atoms with Crippen molar-refractivity contribution >= 4 is 34.7 Å². The molecule has 1 amide bonds. The fourth-order valence-corrected chi connectivity index (χ4v) is 2.08. The molecule has 1 fully saturated rings. The third kappa shape index (κ3) is 2.56. The molecule has 0 saturated heterocycles. The van der Waals surface area contributed by atoms with Crippen LogP contribution in [0.5, 0.6) is 0 Å². The van der Waals surface area contributed by atoms with Gasteiger partial charge in [0.05, 0.1) is 11.1 Å². The minimum absolute atomic E-state index is 0.0702. The molecule has 0 unspecified atom stereocenters. The number of carbonyl (C=O) groups excluding carboxylic acids is 1. The third-order valence-corrected chi connectivity index (χ3v) is 3.55. The molecular weight excluding hydrogens is 292 g/mol. The highest BCUT2D eigenvalue weighted by atomic mass is 35.5. The average Bonchev–Trinajstić information content (AvgIpc) is 3.10. The zero-order valence-electron chi connectivity index (χ0n) is 10.9. The smallest absolute Gasteiger partial charge is 0.268 e. The first-order chi connectivity index (χ1) is 10.0. The van der Waals surface area contributed by atoms with Crippen molar-refractivity contribution in [3.8, 4) is 6.07 Å². The van der Waals surface area contributed by atoms with Gasteiger partial charge in [-0.25, -0.2) is 4.98 Å². The Kier molecular flexibility index (Phi) is 3.07. The summed E-state index contributed by atoms with van der Waals surface area (Å²) in [6, 6.07) is 7.21. The van der Waals surface area contributed by atoms with Crippen LogP contribution in [0.2, 0.25) is 5.02 Å². The molecule has 106 valence electrons. The zero-order valence-corrected chi connectivity index (χ0v) is 11.6. The molecule has 1 aliphatic carbocycles. The molecule has 1 aliphatic rings. The molecule has 1 saturated carbocycles. The normalized spacial score (nSPS) is 16.5. The van der Waals surface area contributed by atoms with E-state index in [0.717, 1.165) is 0 Å². The Morgan fingerprint density at radius 2 is 2.33 bits per heavy atom. The predicted octanol–water partition coefficient (Wildman–Crippen LogP) is 1.95. The highest BCUT2D eigenvalue weighted by Gasteiger charge is 2.44. The molecule has 0 atom stereocenters. The maximum Gasteiger partial charge on any atom is 0.268 e. The van der Waals surface area contributed by atoms with Crippen LogP contribution >= 0.6 is 11.6 Å². The van der Waals surface area contributed by atoms with E-state index in [-0.39, 0.29) is 11.6 Å². The van der Waals surface area contributed by atoms with Crippen LogP contribution < -0.4 is 11.1 Å². The summed E-state index contributed by atoms with van der Waals surface area (Å²) < 4.78 is 5.44. The van der Waals surface area contributed by atoms with Gasteiger partial charge in [-0.15, -0.1) is 0 Å². The number of amides is 1. The predicted molar refractivity (Wildman–Crippen MR) is 76.9 cm³/mol. The van der Waals surface area contributed by atoms with Gasteiger partial charge in [-0.05, 0) is 25.0 Å². The number of carbonyl (C=O) groups is 1. The number of nitrogens with two attached hydrogens (primary N) is 1. The number of nitrogens with zero attached hydrogens (tertiary/aromatic N) is 2. The average molecular weight is 303 g/mol. The number of nitrogens with one attached hydrogen (secondary N) is 1. The molecule has 0 spiro atoms. The Labute approximate surface area is 125 Å². The Balaban J connectivity index is 1.84. The standard InChI is InChI=1S/C14H11ClN4O2/c15-8-2-1-3-10-12(8)18-11(21-10)6-9(17)13(20)19-14(7-16)4-5-14/h1-3,6H,4-5,17H2,(H,19,20). The first kappa shape index (κ1) is 13.5. The largest absolute Gasteiger partial charge is 0.437 e. The van der Waals surface area contributed by atoms with E-state index in [9.17, 15) is 4.79 Å². The summed E-state index contributed by atoms with van der Waals surface area (Å²) in [5.74, 6) is -0.324. The lowest BCUT2D eigenvalue weighted by Gasteiger charge is -2.08. The summed E-state index contributed by atoms with van der Waals surface area (Å²) in [5.41, 5.74) is 5.89. The van der Waals surface area contributed by atoms with Gasteiger partial charge in [0.25, 0.3) is 5.91 Å². The van der Waals surface area contributed by atoms with Gasteiger partial charge < -0.3 is 15.5 Å². The van der Waals surface area contributed by atoms with Gasteiger partial charge in [-0.1, -0.05) is 17.7 Å². The summed E-state index contributed by atoms with van der Waals surface area (Å²) in [4.78, 5) is 16.1. The molecule has 0 aliphatic heterocycles. The summed E-state index contributed by atoms with van der Waals surface area (Å²) in [6.07, 6.45) is 2.60. The number of hydrogen-bond donors (Lipinski definition) is 2. The molecule has 0 bridgehead atoms. The number of nitriles is 1. The first-order valence-corrected chi connectivity index (χ1v) is 6.67. The number of oxazole rings is 1. The lowest BCUT2D eigenvalue weighted by molar-refractivity contribution is -0.118. The van der Waals surface area contributed by atoms with Crippen molar-refractivity contribution in [3.05, 3.63) is 34.8 Å². The van der Waals surface area contributed by atoms with Crippen LogP contribution in [0.25, 0.3) is 17.2 Å². The van der Waals surface area contributed by atoms with E-state index in [4.69, 9.17) is 27.0 Å². The van der Waals surface area contributed by atoms with Gasteiger partial charge in [0.2, 0.25) is 5.89 Å². The summed E-state index contributed by atoms with van der Waals surface area (Å²) >= 11 is 5.99. The van der Waals surface area contributed by atoms with Crippen molar-refractivity contribution in [1.82, 2.24) is 10.3 Å². The van der Waals surface area contributed by atoms with Crippen LogP contribution in [-0.2, 0) is 4.79 Å². The lowest BCUT2D eigenvalue weighted by atomic mass is 10.3. The summed E-state index contributed by atoms with van der Waals surface area (Å²) in [7, 11) is 0. The monoisotopic (exact) mass is 302 g/mol. The van der Waals surface area contributed by atoms with E-state index in [1.165, 1.54) is 6.08 Å². The molecule has 3 rings (SSSR count). The van der Waals surface area contributed by atoms with Crippen molar-refractivity contribution in [2.75, 3.05) is 0 Å². The summed E-state index contributed by atoms with van der Waals surface area (Å²) in [5, 5.41) is 12.0. The number of para-hydroxylation sites is 1. The zero-order chi connectivity index (χ0) is 15.0. The van der Waals surface area contributed by atoms with Gasteiger partial charge >= 0.3 is 0 Å². The number of rotatable bonds is 3. The Morgan fingerprint density at radius 1 is 1.57 bits per heavy atom. The Bertz CT molecular complexity index is 799. The molecular formula is C14H11ClN4O2. The maximum absolute atomic E-state index is 11.9. The van der Waals surface area contributed by atoms with Crippen LogP contribution in [0.3, 0.4) is 0 Å². The second-order valence-electron chi connectivity index (χ2n) is 4.89. The number of benzene rings is 1. The Morgan fingerprint density at radius 3 is 2.95 bits per heavy atom. The van der Waals surface area contributed by atoms with Gasteiger partial charge in [0, 0.05) is 6.08 Å². The fraction of sp³-hybridized carbons (Fsp3) is 0.214. The van der Waals surface area contributed by atoms with Crippen LogP contribution in [0.4, 0.5) is 0 Å². The van der Waals surface area contributed by atoms with E-state index in [2.05, 4.69) is 16.4 Å². The van der Waals surface area contributed by atoms with E-state index in [1.807, 2.05) is 0 Å². The van der Waals surface area contributed by atoms with Crippen LogP contribution in [-0.4, -0.2) is 16.4 Å². The van der Waals surface area contributed by atoms with Crippen molar-refractivity contribution in [1.29, 1.82) is 5.26 Å². The van der Waals surface area contributed by atoms with Crippen molar-refractivity contribution in [2.45, 2.75) is 18.4 Å². The molecule has 7 heteroatoms. The van der Waals surface area contributed by atoms with Crippen LogP contribution in [0.1, 0.15) is 18.7 Å². The van der Waals surface area contributed by atoms with Crippen molar-refractivity contribution in [2.24, 2.45) is 5.73 Å². The molecule has 0 radical (unpaired) electrons. The molecule has 21 heavy (non-hydrogen) atoms. The third-order valence-electron chi connectivity index (χ3n) is 3.24. The van der Waals surface area contributed by atoms with Gasteiger partial charge in [0.1, 0.15) is 16.8 Å². The van der Waals surface area contributed by atoms with Crippen LogP contribution in [0.15, 0.2) is 28.3 Å². The minimum Gasteiger partial charge on any atom is -0.437 e. The molecule has 1 aromatic heterocycles. The van der Waals surface area contributed by atoms with Crippen LogP contribution in [0, 0.1) is 11.3 Å². The highest BCUT2D eigenvalue weighted by Crippen LogP contribution is 2.34. The molecule has 3 N–H and O–H groups in total. The number of aromatic nitrogens is 1. The van der Waals surface area contributed by atoms with Gasteiger partial charge in [0.15, 0.2) is 5.58 Å². The van der Waals surface area contributed by atoms with Gasteiger partial charge in [-0.3, -0.25) is 4.79 Å². The van der Waals surface area contributed by atoms with Gasteiger partial charge in [-0.2, -0.15) is 5.26 Å². The number of hydrogen-bond acceptors (Lipinski definition) is 5. The lowest BCUT2D eigenvalue weighted by Crippen LogP contribution is -2.38. The van der Waals surface area contributed by atoms with Crippen molar-refractivity contribution in [3.63, 3.8) is 0 Å². The molecule has 6 nitrogen and oxygen atoms in total. The molecule has 2 aromatic rings. The maximum atomic E-state index is 11.9. The fourth-order valence-electron chi connectivity index (χ4n) is 1.87. The van der Waals surface area contributed by atoms with E-state index in [0.29, 0.717) is 29.0 Å². The van der Waals surface area contributed by atoms with Crippen molar-refractivity contribution < 1.29 is 9.21 Å². The summed E-state index contributed by atoms with van der Waals surface area (Å²) in [6.45, 7) is 0. The van der Waals surface area contributed by atoms with E-state index >= 15 is 0 Å². The minimum atomic E-state index is -0.764.